The molecular weight excluding hydrogens is 522 g/mol. The van der Waals surface area contributed by atoms with Gasteiger partial charge in [-0.2, -0.15) is 4.98 Å². The SMILES string of the molecule is CCOC(=O)C(C(=O)OCC)=C1SC(c2cnc3nc(NC(=O)C(C)(C)C)[nH]c(=O)c3n2)=C(C(C)O)S1. The molecule has 0 saturated heterocycles. The molecule has 3 rings (SSSR count). The first kappa shape index (κ1) is 28.3. The van der Waals surface area contributed by atoms with Gasteiger partial charge in [0.25, 0.3) is 5.56 Å². The fraction of sp³-hybridized carbons (Fsp3) is 0.435. The summed E-state index contributed by atoms with van der Waals surface area (Å²) in [5.74, 6) is -2.11. The number of esters is 2. The lowest BCUT2D eigenvalue weighted by molar-refractivity contribution is -0.146. The number of hydrogen-bond acceptors (Lipinski definition) is 12. The Bertz CT molecular complexity index is 1360. The van der Waals surface area contributed by atoms with Crippen molar-refractivity contribution >= 4 is 63.4 Å². The van der Waals surface area contributed by atoms with Crippen LogP contribution in [-0.4, -0.2) is 62.2 Å². The molecule has 0 spiro atoms. The van der Waals surface area contributed by atoms with E-state index in [0.29, 0.717) is 9.81 Å². The summed E-state index contributed by atoms with van der Waals surface area (Å²) in [5.41, 5.74) is -1.50. The molecule has 2 aromatic rings. The molecule has 14 heteroatoms. The van der Waals surface area contributed by atoms with Gasteiger partial charge < -0.3 is 14.6 Å². The van der Waals surface area contributed by atoms with Gasteiger partial charge in [0, 0.05) is 10.3 Å². The van der Waals surface area contributed by atoms with E-state index in [1.165, 1.54) is 13.1 Å². The first-order valence-electron chi connectivity index (χ1n) is 11.3. The van der Waals surface area contributed by atoms with E-state index >= 15 is 0 Å². The number of aromatic nitrogens is 4. The largest absolute Gasteiger partial charge is 0.462 e. The molecule has 3 N–H and O–H groups in total. The van der Waals surface area contributed by atoms with Crippen molar-refractivity contribution in [3.63, 3.8) is 0 Å². The number of fused-ring (bicyclic) bond motifs is 1. The van der Waals surface area contributed by atoms with Crippen LogP contribution in [-0.2, 0) is 23.9 Å². The number of thioether (sulfide) groups is 2. The lowest BCUT2D eigenvalue weighted by atomic mass is 9.96. The number of aliphatic hydroxyl groups excluding tert-OH is 1. The Kier molecular flexibility index (Phi) is 8.76. The molecule has 0 bridgehead atoms. The van der Waals surface area contributed by atoms with Crippen molar-refractivity contribution in [1.29, 1.82) is 0 Å². The summed E-state index contributed by atoms with van der Waals surface area (Å²) in [6, 6.07) is 0. The van der Waals surface area contributed by atoms with E-state index in [-0.39, 0.29) is 51.7 Å². The average molecular weight is 550 g/mol. The molecule has 0 aromatic carbocycles. The smallest absolute Gasteiger partial charge is 0.347 e. The zero-order chi connectivity index (χ0) is 27.5. The first-order chi connectivity index (χ1) is 17.4. The maximum atomic E-state index is 12.7. The van der Waals surface area contributed by atoms with Gasteiger partial charge in [-0.1, -0.05) is 44.3 Å². The van der Waals surface area contributed by atoms with Crippen LogP contribution >= 0.6 is 23.5 Å². The Labute approximate surface area is 220 Å². The minimum absolute atomic E-state index is 0.000979. The molecule has 12 nitrogen and oxygen atoms in total. The number of carbonyl (C=O) groups is 3. The van der Waals surface area contributed by atoms with Crippen LogP contribution in [0.2, 0.25) is 0 Å². The van der Waals surface area contributed by atoms with Gasteiger partial charge in [0.2, 0.25) is 11.9 Å². The maximum absolute atomic E-state index is 12.7. The van der Waals surface area contributed by atoms with Crippen molar-refractivity contribution in [3.05, 3.63) is 37.0 Å². The van der Waals surface area contributed by atoms with Gasteiger partial charge in [0.05, 0.1) is 40.4 Å². The molecule has 37 heavy (non-hydrogen) atoms. The van der Waals surface area contributed by atoms with Gasteiger partial charge >= 0.3 is 11.9 Å². The van der Waals surface area contributed by atoms with Crippen LogP contribution < -0.4 is 10.9 Å². The number of hydrogen-bond donors (Lipinski definition) is 3. The van der Waals surface area contributed by atoms with Crippen LogP contribution in [0.15, 0.2) is 25.7 Å². The van der Waals surface area contributed by atoms with Gasteiger partial charge in [-0.3, -0.25) is 19.9 Å². The topological polar surface area (TPSA) is 173 Å². The molecule has 3 heterocycles. The number of nitrogens with one attached hydrogen (secondary N) is 2. The van der Waals surface area contributed by atoms with Crippen LogP contribution in [0.5, 0.6) is 0 Å². The van der Waals surface area contributed by atoms with Gasteiger partial charge in [0.15, 0.2) is 16.7 Å². The third-order valence-electron chi connectivity index (χ3n) is 4.73. The van der Waals surface area contributed by atoms with Crippen LogP contribution in [0.25, 0.3) is 16.1 Å². The fourth-order valence-electron chi connectivity index (χ4n) is 2.90. The van der Waals surface area contributed by atoms with E-state index < -0.39 is 29.0 Å². The molecule has 1 aliphatic rings. The molecular formula is C23H27N5O7S2. The molecule has 0 aliphatic carbocycles. The number of aromatic amines is 1. The summed E-state index contributed by atoms with van der Waals surface area (Å²) < 4.78 is 10.3. The molecule has 0 saturated carbocycles. The predicted octanol–water partition coefficient (Wildman–Crippen LogP) is 2.56. The Hall–Kier alpha value is -3.23. The van der Waals surface area contributed by atoms with Crippen molar-refractivity contribution < 1.29 is 29.0 Å². The monoisotopic (exact) mass is 549 g/mol. The summed E-state index contributed by atoms with van der Waals surface area (Å²) in [6.45, 7) is 10.0. The zero-order valence-electron chi connectivity index (χ0n) is 21.1. The molecule has 1 atom stereocenters. The van der Waals surface area contributed by atoms with Crippen LogP contribution in [0.1, 0.15) is 47.2 Å². The summed E-state index contributed by atoms with van der Waals surface area (Å²) in [7, 11) is 0. The van der Waals surface area contributed by atoms with Crippen molar-refractivity contribution in [2.75, 3.05) is 18.5 Å². The number of anilines is 1. The molecule has 0 fully saturated rings. The van der Waals surface area contributed by atoms with Crippen LogP contribution in [0.3, 0.4) is 0 Å². The molecule has 0 radical (unpaired) electrons. The Balaban J connectivity index is 2.05. The fourth-order valence-corrected chi connectivity index (χ4v) is 5.60. The Morgan fingerprint density at radius 1 is 1.11 bits per heavy atom. The quantitative estimate of drug-likeness (QED) is 0.200. The minimum atomic E-state index is -0.987. The lowest BCUT2D eigenvalue weighted by Crippen LogP contribution is -2.29. The Morgan fingerprint density at radius 2 is 1.73 bits per heavy atom. The van der Waals surface area contributed by atoms with Crippen LogP contribution in [0.4, 0.5) is 5.95 Å². The van der Waals surface area contributed by atoms with E-state index in [1.807, 2.05) is 0 Å². The minimum Gasteiger partial charge on any atom is -0.462 e. The highest BCUT2D eigenvalue weighted by Crippen LogP contribution is 2.55. The summed E-state index contributed by atoms with van der Waals surface area (Å²) in [6.07, 6.45) is 0.367. The summed E-state index contributed by atoms with van der Waals surface area (Å²) >= 11 is 2.03. The highest BCUT2D eigenvalue weighted by atomic mass is 32.2. The van der Waals surface area contributed by atoms with Gasteiger partial charge in [0.1, 0.15) is 0 Å². The van der Waals surface area contributed by atoms with E-state index in [2.05, 4.69) is 25.3 Å². The van der Waals surface area contributed by atoms with Gasteiger partial charge in [-0.25, -0.2) is 19.6 Å². The van der Waals surface area contributed by atoms with Crippen molar-refractivity contribution in [3.8, 4) is 0 Å². The van der Waals surface area contributed by atoms with Gasteiger partial charge in [-0.15, -0.1) is 0 Å². The molecule has 1 aliphatic heterocycles. The Morgan fingerprint density at radius 3 is 2.27 bits per heavy atom. The van der Waals surface area contributed by atoms with E-state index in [9.17, 15) is 24.3 Å². The second kappa shape index (κ2) is 11.4. The number of rotatable bonds is 7. The number of nitrogens with zero attached hydrogens (tertiary/aromatic N) is 3. The second-order valence-electron chi connectivity index (χ2n) is 8.72. The standard InChI is InChI=1S/C23H27N5O7S2/c1-7-34-18(31)12(19(32)35-8-2)20-36-14(10(3)29)15(37-20)11-9-24-16-13(25-11)17(30)27-22(26-16)28-21(33)23(4,5)6/h9-10,29H,7-8H2,1-6H3,(H2,24,26,27,28,30,33). The summed E-state index contributed by atoms with van der Waals surface area (Å²) in [5, 5.41) is 13.0. The number of carbonyl (C=O) groups excluding carboxylic acids is 3. The normalized spacial score (nSPS) is 14.5. The van der Waals surface area contributed by atoms with Gasteiger partial charge in [-0.05, 0) is 20.8 Å². The van der Waals surface area contributed by atoms with Crippen LogP contribution in [0, 0.1) is 5.41 Å². The second-order valence-corrected chi connectivity index (χ2v) is 11.1. The van der Waals surface area contributed by atoms with Crippen molar-refractivity contribution in [1.82, 2.24) is 19.9 Å². The number of aliphatic hydroxyl groups is 1. The zero-order valence-corrected chi connectivity index (χ0v) is 22.8. The number of H-pyrrole nitrogens is 1. The number of ether oxygens (including phenoxy) is 2. The van der Waals surface area contributed by atoms with Crippen molar-refractivity contribution in [2.45, 2.75) is 47.6 Å². The molecule has 1 unspecified atom stereocenters. The van der Waals surface area contributed by atoms with E-state index in [4.69, 9.17) is 9.47 Å². The van der Waals surface area contributed by atoms with Crippen molar-refractivity contribution in [2.24, 2.45) is 5.41 Å². The highest BCUT2D eigenvalue weighted by Gasteiger charge is 2.35. The predicted molar refractivity (Wildman–Crippen MR) is 140 cm³/mol. The van der Waals surface area contributed by atoms with E-state index in [0.717, 1.165) is 23.5 Å². The molecule has 198 valence electrons. The molecule has 2 aromatic heterocycles. The first-order valence-corrected chi connectivity index (χ1v) is 13.0. The maximum Gasteiger partial charge on any atom is 0.347 e. The summed E-state index contributed by atoms with van der Waals surface area (Å²) in [4.78, 5) is 66.2. The molecule has 1 amide bonds. The number of amides is 1. The van der Waals surface area contributed by atoms with E-state index in [1.54, 1.807) is 34.6 Å². The third kappa shape index (κ3) is 6.37. The third-order valence-corrected chi connectivity index (χ3v) is 7.53. The lowest BCUT2D eigenvalue weighted by Gasteiger charge is -2.16. The average Bonchev–Trinajstić information content (AvgIpc) is 3.24. The highest BCUT2D eigenvalue weighted by molar-refractivity contribution is 8.31.